The monoisotopic (exact) mass is 384 g/mol. The summed E-state index contributed by atoms with van der Waals surface area (Å²) < 4.78 is 11.2. The number of para-hydroxylation sites is 2. The maximum atomic E-state index is 11.2. The second-order valence-corrected chi connectivity index (χ2v) is 6.88. The zero-order chi connectivity index (χ0) is 19.9. The predicted molar refractivity (Wildman–Crippen MR) is 111 cm³/mol. The standard InChI is InChI=1S/C22H28N2O4/c1-3-27-21(22(25)26)16-17-8-10-18(11-9-17)28-15-14-24-13-12-23(2)19-6-4-5-7-20(19)24/h4-11,21H,3,12-16H2,1-2H3,(H,25,26)/t21-/m0/s1. The van der Waals surface area contributed by atoms with Gasteiger partial charge < -0.3 is 24.4 Å². The van der Waals surface area contributed by atoms with Gasteiger partial charge in [0.05, 0.1) is 17.9 Å². The van der Waals surface area contributed by atoms with Crippen molar-refractivity contribution < 1.29 is 19.4 Å². The summed E-state index contributed by atoms with van der Waals surface area (Å²) in [6.07, 6.45) is -0.462. The van der Waals surface area contributed by atoms with E-state index >= 15 is 0 Å². The largest absolute Gasteiger partial charge is 0.492 e. The fraction of sp³-hybridized carbons (Fsp3) is 0.409. The first-order chi connectivity index (χ1) is 13.6. The lowest BCUT2D eigenvalue weighted by Gasteiger charge is -2.36. The Morgan fingerprint density at radius 1 is 1.11 bits per heavy atom. The first-order valence-corrected chi connectivity index (χ1v) is 9.69. The van der Waals surface area contributed by atoms with Crippen LogP contribution >= 0.6 is 0 Å². The van der Waals surface area contributed by atoms with Crippen LogP contribution < -0.4 is 14.5 Å². The molecule has 0 aliphatic carbocycles. The molecule has 0 aromatic heterocycles. The molecule has 0 saturated carbocycles. The Balaban J connectivity index is 1.52. The number of hydrogen-bond donors (Lipinski definition) is 1. The van der Waals surface area contributed by atoms with E-state index in [9.17, 15) is 9.90 Å². The van der Waals surface area contributed by atoms with E-state index in [-0.39, 0.29) is 0 Å². The molecule has 1 aliphatic heterocycles. The summed E-state index contributed by atoms with van der Waals surface area (Å²) in [5.74, 6) is -0.149. The quantitative estimate of drug-likeness (QED) is 0.717. The van der Waals surface area contributed by atoms with Crippen molar-refractivity contribution in [3.8, 4) is 5.75 Å². The van der Waals surface area contributed by atoms with Crippen molar-refractivity contribution >= 4 is 17.3 Å². The smallest absolute Gasteiger partial charge is 0.333 e. The van der Waals surface area contributed by atoms with Gasteiger partial charge in [-0.1, -0.05) is 24.3 Å². The summed E-state index contributed by atoms with van der Waals surface area (Å²) in [5.41, 5.74) is 3.41. The topological polar surface area (TPSA) is 62.2 Å². The third-order valence-corrected chi connectivity index (χ3v) is 4.96. The zero-order valence-electron chi connectivity index (χ0n) is 16.5. The molecule has 150 valence electrons. The molecule has 0 unspecified atom stereocenters. The van der Waals surface area contributed by atoms with E-state index in [1.54, 1.807) is 6.92 Å². The maximum Gasteiger partial charge on any atom is 0.333 e. The van der Waals surface area contributed by atoms with E-state index < -0.39 is 12.1 Å². The Kier molecular flexibility index (Phi) is 6.76. The molecule has 0 saturated heterocycles. The van der Waals surface area contributed by atoms with Gasteiger partial charge in [-0.25, -0.2) is 4.79 Å². The number of carboxylic acid groups (broad SMARTS) is 1. The summed E-state index contributed by atoms with van der Waals surface area (Å²) in [6.45, 7) is 5.56. The van der Waals surface area contributed by atoms with Crippen LogP contribution in [0.3, 0.4) is 0 Å². The van der Waals surface area contributed by atoms with Gasteiger partial charge in [-0.2, -0.15) is 0 Å². The number of anilines is 2. The number of rotatable bonds is 9. The van der Waals surface area contributed by atoms with Gasteiger partial charge in [-0.05, 0) is 36.8 Å². The highest BCUT2D eigenvalue weighted by Crippen LogP contribution is 2.31. The molecule has 0 fully saturated rings. The molecule has 0 spiro atoms. The highest BCUT2D eigenvalue weighted by Gasteiger charge is 2.20. The summed E-state index contributed by atoms with van der Waals surface area (Å²) in [6, 6.07) is 16.0. The second-order valence-electron chi connectivity index (χ2n) is 6.88. The van der Waals surface area contributed by atoms with Crippen LogP contribution in [-0.4, -0.2) is 57.1 Å². The van der Waals surface area contributed by atoms with Crippen LogP contribution in [0.15, 0.2) is 48.5 Å². The molecule has 2 aromatic carbocycles. The number of fused-ring (bicyclic) bond motifs is 1. The Bertz CT molecular complexity index is 778. The van der Waals surface area contributed by atoms with Gasteiger partial charge in [0, 0.05) is 33.2 Å². The molecule has 1 atom stereocenters. The van der Waals surface area contributed by atoms with Gasteiger partial charge in [0.25, 0.3) is 0 Å². The molecular formula is C22H28N2O4. The van der Waals surface area contributed by atoms with E-state index in [1.165, 1.54) is 11.4 Å². The highest BCUT2D eigenvalue weighted by molar-refractivity contribution is 5.73. The summed E-state index contributed by atoms with van der Waals surface area (Å²) in [7, 11) is 2.12. The van der Waals surface area contributed by atoms with Crippen molar-refractivity contribution in [2.24, 2.45) is 0 Å². The maximum absolute atomic E-state index is 11.2. The van der Waals surface area contributed by atoms with Gasteiger partial charge >= 0.3 is 5.97 Å². The van der Waals surface area contributed by atoms with E-state index in [4.69, 9.17) is 9.47 Å². The third kappa shape index (κ3) is 4.95. The Morgan fingerprint density at radius 3 is 2.50 bits per heavy atom. The van der Waals surface area contributed by atoms with Gasteiger partial charge in [-0.3, -0.25) is 0 Å². The predicted octanol–water partition coefficient (Wildman–Crippen LogP) is 3.05. The van der Waals surface area contributed by atoms with Crippen LogP contribution in [0.5, 0.6) is 5.75 Å². The molecule has 28 heavy (non-hydrogen) atoms. The van der Waals surface area contributed by atoms with Gasteiger partial charge in [0.1, 0.15) is 12.4 Å². The molecule has 2 aromatic rings. The molecule has 1 N–H and O–H groups in total. The van der Waals surface area contributed by atoms with Crippen molar-refractivity contribution in [1.82, 2.24) is 0 Å². The van der Waals surface area contributed by atoms with E-state index in [1.807, 2.05) is 24.3 Å². The Hall–Kier alpha value is -2.73. The van der Waals surface area contributed by atoms with Crippen molar-refractivity contribution in [3.63, 3.8) is 0 Å². The first kappa shape index (κ1) is 20.0. The normalized spacial score (nSPS) is 14.5. The zero-order valence-corrected chi connectivity index (χ0v) is 16.5. The van der Waals surface area contributed by atoms with Gasteiger partial charge in [-0.15, -0.1) is 0 Å². The number of nitrogens with zero attached hydrogens (tertiary/aromatic N) is 2. The fourth-order valence-electron chi connectivity index (χ4n) is 3.43. The van der Waals surface area contributed by atoms with Crippen LogP contribution in [0.25, 0.3) is 0 Å². The van der Waals surface area contributed by atoms with Crippen LogP contribution in [0.2, 0.25) is 0 Å². The van der Waals surface area contributed by atoms with Crippen LogP contribution in [-0.2, 0) is 16.0 Å². The number of likely N-dealkylation sites (N-methyl/N-ethyl adjacent to an activating group) is 1. The number of aliphatic carboxylic acids is 1. The Labute approximate surface area is 166 Å². The molecular weight excluding hydrogens is 356 g/mol. The van der Waals surface area contributed by atoms with Gasteiger partial charge in [0.15, 0.2) is 6.10 Å². The third-order valence-electron chi connectivity index (χ3n) is 4.96. The molecule has 3 rings (SSSR count). The molecule has 6 nitrogen and oxygen atoms in total. The minimum Gasteiger partial charge on any atom is -0.492 e. The van der Waals surface area contributed by atoms with E-state index in [0.29, 0.717) is 19.6 Å². The number of benzene rings is 2. The highest BCUT2D eigenvalue weighted by atomic mass is 16.5. The SMILES string of the molecule is CCO[C@@H](Cc1ccc(OCCN2CCN(C)c3ccccc32)cc1)C(=O)O. The summed E-state index contributed by atoms with van der Waals surface area (Å²) >= 11 is 0. The average Bonchev–Trinajstić information content (AvgIpc) is 2.71. The molecule has 0 amide bonds. The number of carbonyl (C=O) groups is 1. The second kappa shape index (κ2) is 9.46. The number of ether oxygens (including phenoxy) is 2. The van der Waals surface area contributed by atoms with Crippen molar-refractivity contribution in [2.45, 2.75) is 19.4 Å². The summed E-state index contributed by atoms with van der Waals surface area (Å²) in [5, 5.41) is 9.19. The molecule has 1 aliphatic rings. The van der Waals surface area contributed by atoms with Crippen molar-refractivity contribution in [3.05, 3.63) is 54.1 Å². The van der Waals surface area contributed by atoms with Crippen LogP contribution in [0.1, 0.15) is 12.5 Å². The number of hydrogen-bond acceptors (Lipinski definition) is 5. The lowest BCUT2D eigenvalue weighted by molar-refractivity contribution is -0.149. The van der Waals surface area contributed by atoms with Gasteiger partial charge in [0.2, 0.25) is 0 Å². The fourth-order valence-corrected chi connectivity index (χ4v) is 3.43. The Morgan fingerprint density at radius 2 is 1.82 bits per heavy atom. The van der Waals surface area contributed by atoms with Crippen LogP contribution in [0.4, 0.5) is 11.4 Å². The molecule has 0 bridgehead atoms. The average molecular weight is 384 g/mol. The molecule has 6 heteroatoms. The molecule has 1 heterocycles. The van der Waals surface area contributed by atoms with Crippen molar-refractivity contribution in [2.75, 3.05) is 49.7 Å². The van der Waals surface area contributed by atoms with E-state index in [0.717, 1.165) is 30.9 Å². The minimum absolute atomic E-state index is 0.349. The number of carboxylic acids is 1. The first-order valence-electron chi connectivity index (χ1n) is 9.69. The lowest BCUT2D eigenvalue weighted by Crippen LogP contribution is -2.41. The summed E-state index contributed by atoms with van der Waals surface area (Å²) in [4.78, 5) is 15.8. The molecule has 0 radical (unpaired) electrons. The van der Waals surface area contributed by atoms with Crippen molar-refractivity contribution in [1.29, 1.82) is 0 Å². The van der Waals surface area contributed by atoms with Crippen LogP contribution in [0, 0.1) is 0 Å². The minimum atomic E-state index is -0.936. The van der Waals surface area contributed by atoms with E-state index in [2.05, 4.69) is 41.1 Å². The lowest BCUT2D eigenvalue weighted by atomic mass is 10.1.